The summed E-state index contributed by atoms with van der Waals surface area (Å²) in [5.41, 5.74) is 2.36. The molecule has 1 aromatic heterocycles. The first-order chi connectivity index (χ1) is 20.4. The standard InChI is InChI=1S/C31H33N5O6/c1-20(37)23-10-4-6-12-25(23)36(29(38)19-35-26-13-7-5-11-24(26)33-34-35)30(31(39)32-18-22-9-8-16-42-22)21-14-15-27(40-2)28(17-21)41-3/h4-7,10-15,17,22,30H,8-9,16,18-19H2,1-3H3,(H,32,39)/t22-,30+/m0/s1. The largest absolute Gasteiger partial charge is 0.493 e. The minimum absolute atomic E-state index is 0.116. The Morgan fingerprint density at radius 2 is 1.81 bits per heavy atom. The molecule has 0 spiro atoms. The molecular weight excluding hydrogens is 538 g/mol. The first-order valence-corrected chi connectivity index (χ1v) is 13.7. The van der Waals surface area contributed by atoms with Gasteiger partial charge in [0.25, 0.3) is 0 Å². The molecule has 11 heteroatoms. The van der Waals surface area contributed by atoms with Crippen LogP contribution in [0.2, 0.25) is 0 Å². The van der Waals surface area contributed by atoms with Gasteiger partial charge in [-0.15, -0.1) is 5.10 Å². The summed E-state index contributed by atoms with van der Waals surface area (Å²) in [6, 6.07) is 17.9. The van der Waals surface area contributed by atoms with Crippen molar-refractivity contribution < 1.29 is 28.6 Å². The Labute approximate surface area is 243 Å². The van der Waals surface area contributed by atoms with E-state index in [-0.39, 0.29) is 25.0 Å². The first-order valence-electron chi connectivity index (χ1n) is 13.7. The quantitative estimate of drug-likeness (QED) is 0.270. The van der Waals surface area contributed by atoms with E-state index in [2.05, 4.69) is 15.6 Å². The van der Waals surface area contributed by atoms with Crippen LogP contribution in [0.4, 0.5) is 5.69 Å². The summed E-state index contributed by atoms with van der Waals surface area (Å²) in [5, 5.41) is 11.3. The van der Waals surface area contributed by atoms with Gasteiger partial charge < -0.3 is 19.5 Å². The average Bonchev–Trinajstić information content (AvgIpc) is 3.68. The van der Waals surface area contributed by atoms with Crippen molar-refractivity contribution in [1.82, 2.24) is 20.3 Å². The van der Waals surface area contributed by atoms with Crippen LogP contribution in [0.25, 0.3) is 11.0 Å². The summed E-state index contributed by atoms with van der Waals surface area (Å²) in [5.74, 6) is -0.294. The fraction of sp³-hybridized carbons (Fsp3) is 0.323. The maximum absolute atomic E-state index is 14.4. The maximum atomic E-state index is 14.4. The predicted molar refractivity (Wildman–Crippen MR) is 156 cm³/mol. The van der Waals surface area contributed by atoms with Crippen LogP contribution in [0, 0.1) is 0 Å². The van der Waals surface area contributed by atoms with E-state index in [0.29, 0.717) is 46.0 Å². The number of rotatable bonds is 11. The fourth-order valence-electron chi connectivity index (χ4n) is 5.19. The molecule has 1 N–H and O–H groups in total. The van der Waals surface area contributed by atoms with E-state index in [4.69, 9.17) is 14.2 Å². The lowest BCUT2D eigenvalue weighted by Gasteiger charge is -2.33. The number of benzene rings is 3. The number of para-hydroxylation sites is 2. The van der Waals surface area contributed by atoms with Crippen LogP contribution in [0.1, 0.15) is 41.7 Å². The zero-order valence-electron chi connectivity index (χ0n) is 23.8. The number of aromatic nitrogens is 3. The van der Waals surface area contributed by atoms with Crippen LogP contribution < -0.4 is 19.7 Å². The van der Waals surface area contributed by atoms with Crippen molar-refractivity contribution in [2.45, 2.75) is 38.5 Å². The molecule has 2 amide bonds. The van der Waals surface area contributed by atoms with Gasteiger partial charge in [0.2, 0.25) is 11.8 Å². The van der Waals surface area contributed by atoms with E-state index in [9.17, 15) is 14.4 Å². The number of anilines is 1. The molecule has 1 aliphatic heterocycles. The van der Waals surface area contributed by atoms with Gasteiger partial charge in [-0.05, 0) is 61.7 Å². The zero-order valence-corrected chi connectivity index (χ0v) is 23.8. The lowest BCUT2D eigenvalue weighted by atomic mass is 9.99. The molecule has 1 saturated heterocycles. The molecule has 1 fully saturated rings. The smallest absolute Gasteiger partial charge is 0.249 e. The number of nitrogens with one attached hydrogen (secondary N) is 1. The SMILES string of the molecule is COc1ccc([C@H](C(=O)NC[C@@H]2CCCO2)N(C(=O)Cn2nnc3ccccc32)c2ccccc2C(C)=O)cc1OC. The highest BCUT2D eigenvalue weighted by molar-refractivity contribution is 6.08. The number of ether oxygens (including phenoxy) is 3. The Kier molecular flexibility index (Phi) is 8.77. The number of methoxy groups -OCH3 is 2. The van der Waals surface area contributed by atoms with E-state index < -0.39 is 17.9 Å². The third-order valence-corrected chi connectivity index (χ3v) is 7.27. The number of ketones is 1. The molecule has 0 saturated carbocycles. The second-order valence-electron chi connectivity index (χ2n) is 9.97. The molecule has 218 valence electrons. The number of nitrogens with zero attached hydrogens (tertiary/aromatic N) is 4. The molecule has 42 heavy (non-hydrogen) atoms. The van der Waals surface area contributed by atoms with E-state index in [0.717, 1.165) is 12.8 Å². The average molecular weight is 572 g/mol. The maximum Gasteiger partial charge on any atom is 0.249 e. The van der Waals surface area contributed by atoms with Gasteiger partial charge >= 0.3 is 0 Å². The van der Waals surface area contributed by atoms with Crippen molar-refractivity contribution in [1.29, 1.82) is 0 Å². The van der Waals surface area contributed by atoms with E-state index in [1.54, 1.807) is 48.5 Å². The summed E-state index contributed by atoms with van der Waals surface area (Å²) >= 11 is 0. The molecule has 1 aliphatic rings. The topological polar surface area (TPSA) is 125 Å². The Bertz CT molecular complexity index is 1600. The van der Waals surface area contributed by atoms with Crippen LogP contribution in [0.15, 0.2) is 66.7 Å². The highest BCUT2D eigenvalue weighted by Crippen LogP contribution is 2.36. The lowest BCUT2D eigenvalue weighted by Crippen LogP contribution is -2.47. The Morgan fingerprint density at radius 1 is 1.05 bits per heavy atom. The zero-order chi connectivity index (χ0) is 29.6. The van der Waals surface area contributed by atoms with E-state index in [1.807, 2.05) is 18.2 Å². The predicted octanol–water partition coefficient (Wildman–Crippen LogP) is 3.72. The number of Topliss-reactive ketones (excluding diaryl/α,β-unsaturated/α-hetero) is 1. The van der Waals surface area contributed by atoms with Crippen molar-refractivity contribution in [2.75, 3.05) is 32.3 Å². The monoisotopic (exact) mass is 571 g/mol. The van der Waals surface area contributed by atoms with Gasteiger partial charge in [0, 0.05) is 18.7 Å². The summed E-state index contributed by atoms with van der Waals surface area (Å²) in [7, 11) is 3.02. The second-order valence-corrected chi connectivity index (χ2v) is 9.97. The number of carbonyl (C=O) groups excluding carboxylic acids is 3. The number of amides is 2. The molecule has 2 atom stereocenters. The molecule has 0 unspecified atom stereocenters. The van der Waals surface area contributed by atoms with Crippen LogP contribution in [-0.2, 0) is 20.9 Å². The molecule has 5 rings (SSSR count). The molecular formula is C31H33N5O6. The molecule has 0 aliphatic carbocycles. The summed E-state index contributed by atoms with van der Waals surface area (Å²) < 4.78 is 18.1. The minimum atomic E-state index is -1.17. The van der Waals surface area contributed by atoms with Gasteiger partial charge in [0.15, 0.2) is 17.3 Å². The van der Waals surface area contributed by atoms with Crippen LogP contribution in [-0.4, -0.2) is 66.1 Å². The van der Waals surface area contributed by atoms with Gasteiger partial charge in [-0.2, -0.15) is 0 Å². The second kappa shape index (κ2) is 12.8. The summed E-state index contributed by atoms with van der Waals surface area (Å²) in [6.07, 6.45) is 1.63. The van der Waals surface area contributed by atoms with Crippen molar-refractivity contribution in [3.8, 4) is 11.5 Å². The van der Waals surface area contributed by atoms with Gasteiger partial charge in [0.05, 0.1) is 31.5 Å². The van der Waals surface area contributed by atoms with Crippen LogP contribution in [0.5, 0.6) is 11.5 Å². The molecule has 11 nitrogen and oxygen atoms in total. The highest BCUT2D eigenvalue weighted by atomic mass is 16.5. The van der Waals surface area contributed by atoms with Crippen LogP contribution >= 0.6 is 0 Å². The van der Waals surface area contributed by atoms with Crippen molar-refractivity contribution in [3.05, 3.63) is 77.9 Å². The van der Waals surface area contributed by atoms with E-state index in [1.165, 1.54) is 30.7 Å². The molecule has 0 bridgehead atoms. The molecule has 2 heterocycles. The Hall–Kier alpha value is -4.77. The number of fused-ring (bicyclic) bond motifs is 1. The highest BCUT2D eigenvalue weighted by Gasteiger charge is 2.36. The van der Waals surface area contributed by atoms with Crippen molar-refractivity contribution in [3.63, 3.8) is 0 Å². The van der Waals surface area contributed by atoms with Crippen LogP contribution in [0.3, 0.4) is 0 Å². The normalized spacial score (nSPS) is 15.3. The summed E-state index contributed by atoms with van der Waals surface area (Å²) in [6.45, 7) is 2.12. The fourth-order valence-corrected chi connectivity index (χ4v) is 5.19. The molecule has 4 aromatic rings. The third kappa shape index (κ3) is 5.96. The summed E-state index contributed by atoms with van der Waals surface area (Å²) in [4.78, 5) is 42.6. The molecule has 0 radical (unpaired) electrons. The van der Waals surface area contributed by atoms with Crippen molar-refractivity contribution in [2.24, 2.45) is 0 Å². The Morgan fingerprint density at radius 3 is 2.55 bits per heavy atom. The molecule has 3 aromatic carbocycles. The van der Waals surface area contributed by atoms with Gasteiger partial charge in [-0.25, -0.2) is 4.68 Å². The lowest BCUT2D eigenvalue weighted by molar-refractivity contribution is -0.127. The number of hydrogen-bond acceptors (Lipinski definition) is 8. The number of hydrogen-bond donors (Lipinski definition) is 1. The minimum Gasteiger partial charge on any atom is -0.493 e. The Balaban J connectivity index is 1.63. The first kappa shape index (κ1) is 28.7. The third-order valence-electron chi connectivity index (χ3n) is 7.27. The van der Waals surface area contributed by atoms with E-state index >= 15 is 0 Å². The van der Waals surface area contributed by atoms with Gasteiger partial charge in [-0.3, -0.25) is 19.3 Å². The van der Waals surface area contributed by atoms with Crippen molar-refractivity contribution >= 4 is 34.3 Å². The van der Waals surface area contributed by atoms with Gasteiger partial charge in [-0.1, -0.05) is 35.5 Å². The number of carbonyl (C=O) groups is 3. The van der Waals surface area contributed by atoms with Gasteiger partial charge in [0.1, 0.15) is 18.1 Å².